The number of aromatic nitrogens is 1. The van der Waals surface area contributed by atoms with E-state index in [0.717, 1.165) is 18.8 Å². The SMILES string of the molecule is COC(=O)c1ccc(N2CCCC(C)C2)c(Br)n1. The van der Waals surface area contributed by atoms with Crippen LogP contribution >= 0.6 is 15.9 Å². The highest BCUT2D eigenvalue weighted by Gasteiger charge is 2.20. The standard InChI is InChI=1S/C13H17BrN2O2/c1-9-4-3-7-16(8-9)11-6-5-10(13(17)18-2)15-12(11)14/h5-6,9H,3-4,7-8H2,1-2H3. The van der Waals surface area contributed by atoms with Gasteiger partial charge in [-0.05, 0) is 46.8 Å². The molecule has 1 aliphatic rings. The van der Waals surface area contributed by atoms with Gasteiger partial charge in [-0.15, -0.1) is 0 Å². The van der Waals surface area contributed by atoms with Crippen LogP contribution in [-0.4, -0.2) is 31.2 Å². The van der Waals surface area contributed by atoms with Crippen LogP contribution < -0.4 is 4.90 Å². The summed E-state index contributed by atoms with van der Waals surface area (Å²) in [6.45, 7) is 4.34. The molecule has 2 rings (SSSR count). The van der Waals surface area contributed by atoms with Gasteiger partial charge in [-0.2, -0.15) is 0 Å². The van der Waals surface area contributed by atoms with Gasteiger partial charge < -0.3 is 9.64 Å². The lowest BCUT2D eigenvalue weighted by atomic mass is 10.00. The Bertz CT molecular complexity index is 451. The zero-order chi connectivity index (χ0) is 13.1. The Morgan fingerprint density at radius 3 is 2.94 bits per heavy atom. The fraction of sp³-hybridized carbons (Fsp3) is 0.538. The Morgan fingerprint density at radius 2 is 2.33 bits per heavy atom. The Kier molecular flexibility index (Phi) is 4.22. The summed E-state index contributed by atoms with van der Waals surface area (Å²) in [6, 6.07) is 3.65. The van der Waals surface area contributed by atoms with Crippen LogP contribution in [-0.2, 0) is 4.74 Å². The summed E-state index contributed by atoms with van der Waals surface area (Å²) in [4.78, 5) is 17.9. The van der Waals surface area contributed by atoms with Crippen LogP contribution in [0.2, 0.25) is 0 Å². The summed E-state index contributed by atoms with van der Waals surface area (Å²) in [6.07, 6.45) is 2.48. The van der Waals surface area contributed by atoms with E-state index in [9.17, 15) is 4.79 Å². The van der Waals surface area contributed by atoms with Crippen LogP contribution in [0, 0.1) is 5.92 Å². The van der Waals surface area contributed by atoms with Crippen molar-refractivity contribution in [3.05, 3.63) is 22.4 Å². The first-order valence-electron chi connectivity index (χ1n) is 6.11. The summed E-state index contributed by atoms with van der Waals surface area (Å²) >= 11 is 3.44. The molecule has 1 fully saturated rings. The summed E-state index contributed by atoms with van der Waals surface area (Å²) in [5.74, 6) is 0.292. The first-order chi connectivity index (χ1) is 8.61. The fourth-order valence-corrected chi connectivity index (χ4v) is 2.86. The van der Waals surface area contributed by atoms with Gasteiger partial charge in [0.25, 0.3) is 0 Å². The van der Waals surface area contributed by atoms with Crippen LogP contribution in [0.15, 0.2) is 16.7 Å². The molecule has 0 N–H and O–H groups in total. The van der Waals surface area contributed by atoms with Gasteiger partial charge in [-0.1, -0.05) is 6.92 Å². The Labute approximate surface area is 115 Å². The highest BCUT2D eigenvalue weighted by molar-refractivity contribution is 9.10. The second-order valence-corrected chi connectivity index (χ2v) is 5.44. The first-order valence-corrected chi connectivity index (χ1v) is 6.91. The number of esters is 1. The molecule has 1 aromatic rings. The van der Waals surface area contributed by atoms with Gasteiger partial charge in [0.05, 0.1) is 12.8 Å². The number of pyridine rings is 1. The predicted octanol–water partition coefficient (Wildman–Crippen LogP) is 2.87. The third kappa shape index (κ3) is 2.83. The number of carbonyl (C=O) groups is 1. The smallest absolute Gasteiger partial charge is 0.356 e. The minimum atomic E-state index is -0.408. The van der Waals surface area contributed by atoms with Crippen molar-refractivity contribution >= 4 is 27.6 Å². The molecular weight excluding hydrogens is 296 g/mol. The normalized spacial score (nSPS) is 19.7. The maximum absolute atomic E-state index is 11.4. The lowest BCUT2D eigenvalue weighted by molar-refractivity contribution is 0.0594. The highest BCUT2D eigenvalue weighted by Crippen LogP contribution is 2.28. The van der Waals surface area contributed by atoms with Gasteiger partial charge in [-0.25, -0.2) is 9.78 Å². The molecule has 18 heavy (non-hydrogen) atoms. The third-order valence-electron chi connectivity index (χ3n) is 3.22. The van der Waals surface area contributed by atoms with Crippen LogP contribution in [0.3, 0.4) is 0 Å². The number of nitrogens with zero attached hydrogens (tertiary/aromatic N) is 2. The van der Waals surface area contributed by atoms with E-state index in [2.05, 4.69) is 37.5 Å². The number of anilines is 1. The van der Waals surface area contributed by atoms with Crippen molar-refractivity contribution in [1.29, 1.82) is 0 Å². The molecule has 0 saturated carbocycles. The zero-order valence-electron chi connectivity index (χ0n) is 10.6. The summed E-state index contributed by atoms with van der Waals surface area (Å²) in [5.41, 5.74) is 1.38. The molecule has 4 nitrogen and oxygen atoms in total. The first kappa shape index (κ1) is 13.3. The summed E-state index contributed by atoms with van der Waals surface area (Å²) < 4.78 is 5.37. The van der Waals surface area contributed by atoms with Crippen molar-refractivity contribution in [3.8, 4) is 0 Å². The molecule has 1 aromatic heterocycles. The second-order valence-electron chi connectivity index (χ2n) is 4.69. The molecule has 5 heteroatoms. The summed E-state index contributed by atoms with van der Waals surface area (Å²) in [5, 5.41) is 0. The number of hydrogen-bond acceptors (Lipinski definition) is 4. The molecule has 0 spiro atoms. The number of ether oxygens (including phenoxy) is 1. The van der Waals surface area contributed by atoms with E-state index in [0.29, 0.717) is 16.2 Å². The molecule has 1 atom stereocenters. The van der Waals surface area contributed by atoms with Gasteiger partial charge in [0, 0.05) is 13.1 Å². The highest BCUT2D eigenvalue weighted by atomic mass is 79.9. The van der Waals surface area contributed by atoms with E-state index in [1.54, 1.807) is 6.07 Å². The maximum atomic E-state index is 11.4. The number of methoxy groups -OCH3 is 1. The molecule has 1 aliphatic heterocycles. The zero-order valence-corrected chi connectivity index (χ0v) is 12.2. The van der Waals surface area contributed by atoms with Gasteiger partial charge >= 0.3 is 5.97 Å². The molecule has 2 heterocycles. The Balaban J connectivity index is 2.21. The van der Waals surface area contributed by atoms with E-state index < -0.39 is 5.97 Å². The van der Waals surface area contributed by atoms with E-state index in [-0.39, 0.29) is 0 Å². The summed E-state index contributed by atoms with van der Waals surface area (Å²) in [7, 11) is 1.36. The number of rotatable bonds is 2. The topological polar surface area (TPSA) is 42.4 Å². The largest absolute Gasteiger partial charge is 0.464 e. The van der Waals surface area contributed by atoms with Gasteiger partial charge in [0.15, 0.2) is 0 Å². The van der Waals surface area contributed by atoms with Crippen molar-refractivity contribution in [2.24, 2.45) is 5.92 Å². The van der Waals surface area contributed by atoms with Crippen LogP contribution in [0.5, 0.6) is 0 Å². The number of piperidine rings is 1. The van der Waals surface area contributed by atoms with E-state index in [4.69, 9.17) is 0 Å². The van der Waals surface area contributed by atoms with Crippen LogP contribution in [0.25, 0.3) is 0 Å². The molecule has 0 aromatic carbocycles. The quantitative estimate of drug-likeness (QED) is 0.622. The lowest BCUT2D eigenvalue weighted by Gasteiger charge is -2.33. The molecule has 0 radical (unpaired) electrons. The Morgan fingerprint density at radius 1 is 1.56 bits per heavy atom. The average molecular weight is 313 g/mol. The van der Waals surface area contributed by atoms with Crippen molar-refractivity contribution < 1.29 is 9.53 Å². The van der Waals surface area contributed by atoms with Gasteiger partial charge in [-0.3, -0.25) is 0 Å². The molecule has 0 aliphatic carbocycles. The van der Waals surface area contributed by atoms with E-state index in [1.807, 2.05) is 6.07 Å². The minimum absolute atomic E-state index is 0.332. The predicted molar refractivity (Wildman–Crippen MR) is 73.9 cm³/mol. The van der Waals surface area contributed by atoms with Gasteiger partial charge in [0.1, 0.15) is 10.3 Å². The molecular formula is C13H17BrN2O2. The lowest BCUT2D eigenvalue weighted by Crippen LogP contribution is -2.34. The number of hydrogen-bond donors (Lipinski definition) is 0. The Hall–Kier alpha value is -1.10. The van der Waals surface area contributed by atoms with Crippen molar-refractivity contribution in [2.75, 3.05) is 25.1 Å². The molecule has 0 amide bonds. The van der Waals surface area contributed by atoms with Crippen molar-refractivity contribution in [2.45, 2.75) is 19.8 Å². The minimum Gasteiger partial charge on any atom is -0.464 e. The van der Waals surface area contributed by atoms with E-state index >= 15 is 0 Å². The van der Waals surface area contributed by atoms with Crippen molar-refractivity contribution in [1.82, 2.24) is 4.98 Å². The van der Waals surface area contributed by atoms with Crippen LogP contribution in [0.4, 0.5) is 5.69 Å². The van der Waals surface area contributed by atoms with Crippen molar-refractivity contribution in [3.63, 3.8) is 0 Å². The monoisotopic (exact) mass is 312 g/mol. The second kappa shape index (κ2) is 5.69. The maximum Gasteiger partial charge on any atom is 0.356 e. The average Bonchev–Trinajstić information content (AvgIpc) is 2.37. The molecule has 0 bridgehead atoms. The fourth-order valence-electron chi connectivity index (χ4n) is 2.29. The van der Waals surface area contributed by atoms with Crippen LogP contribution in [0.1, 0.15) is 30.3 Å². The molecule has 1 saturated heterocycles. The van der Waals surface area contributed by atoms with Gasteiger partial charge in [0.2, 0.25) is 0 Å². The third-order valence-corrected chi connectivity index (χ3v) is 3.80. The van der Waals surface area contributed by atoms with E-state index in [1.165, 1.54) is 20.0 Å². The number of carbonyl (C=O) groups excluding carboxylic acids is 1. The molecule has 98 valence electrons. The molecule has 1 unspecified atom stereocenters. The number of halogens is 1.